The molecule has 21 heteroatoms. The van der Waals surface area contributed by atoms with E-state index in [0.717, 1.165) is 30.3 Å². The van der Waals surface area contributed by atoms with Crippen LogP contribution in [-0.4, -0.2) is 57.0 Å². The van der Waals surface area contributed by atoms with Gasteiger partial charge in [-0.15, -0.1) is 15.3 Å². The predicted molar refractivity (Wildman–Crippen MR) is 181 cm³/mol. The van der Waals surface area contributed by atoms with Crippen LogP contribution in [0.2, 0.25) is 0 Å². The number of hydrogen-bond acceptors (Lipinski definition) is 13. The molecule has 0 aromatic heterocycles. The highest BCUT2D eigenvalue weighted by atomic mass is 32.2. The molecule has 0 fully saturated rings. The number of phenols is 1. The van der Waals surface area contributed by atoms with E-state index in [1.165, 1.54) is 30.3 Å². The molecule has 6 aromatic carbocycles. The van der Waals surface area contributed by atoms with Crippen molar-refractivity contribution < 1.29 is 57.0 Å². The minimum Gasteiger partial charge on any atom is -0.504 e. The van der Waals surface area contributed by atoms with Crippen molar-refractivity contribution in [2.45, 2.75) is 19.6 Å². The molecule has 6 rings (SSSR count). The molecule has 0 aliphatic heterocycles. The van der Waals surface area contributed by atoms with E-state index < -0.39 is 71.5 Å². The van der Waals surface area contributed by atoms with Crippen molar-refractivity contribution in [2.75, 3.05) is 0 Å². The lowest BCUT2D eigenvalue weighted by atomic mass is 10.1. The number of fused-ring (bicyclic) bond motifs is 3. The van der Waals surface area contributed by atoms with Crippen molar-refractivity contribution in [1.29, 1.82) is 0 Å². The van der Waals surface area contributed by atoms with Crippen LogP contribution in [0, 0.1) is 0 Å². The molecule has 17 nitrogen and oxygen atoms in total. The van der Waals surface area contributed by atoms with Gasteiger partial charge in [0.05, 0.1) is 26.9 Å². The van der Waals surface area contributed by atoms with Crippen LogP contribution in [0.4, 0.5) is 22.7 Å². The Balaban J connectivity index is 1.43. The van der Waals surface area contributed by atoms with Gasteiger partial charge in [-0.25, -0.2) is 0 Å². The summed E-state index contributed by atoms with van der Waals surface area (Å²) in [4.78, 5) is -3.12. The van der Waals surface area contributed by atoms with Crippen molar-refractivity contribution in [2.24, 2.45) is 20.5 Å². The van der Waals surface area contributed by atoms with Gasteiger partial charge in [-0.3, -0.25) is 18.2 Å². The molecule has 0 spiro atoms. The standard InChI is InChI=1S/C30H20N4O13S4/c35-30-28(51(45,46)47)13-17-12-19(48(36,37)38)7-8-21(17)29(30)34-33-26-10-9-25(22-3-1-2-4-23(22)26)32-31-18-6-5-16-11-20(49(39,40)41)15-27(24(16)14-18)50(42,43)44/h1-15,35H,(H,36,37,38)(H,39,40,41)(H,42,43,44)(H,45,46,47)/b32-31-,34-33?. The molecule has 0 saturated carbocycles. The van der Waals surface area contributed by atoms with Gasteiger partial charge in [-0.05, 0) is 65.4 Å². The Morgan fingerprint density at radius 3 is 1.57 bits per heavy atom. The molecule has 0 bridgehead atoms. The summed E-state index contributed by atoms with van der Waals surface area (Å²) in [6.45, 7) is 0. The van der Waals surface area contributed by atoms with E-state index in [9.17, 15) is 57.0 Å². The predicted octanol–water partition coefficient (Wildman–Crippen LogP) is 6.67. The van der Waals surface area contributed by atoms with Crippen molar-refractivity contribution in [3.63, 3.8) is 0 Å². The summed E-state index contributed by atoms with van der Waals surface area (Å²) >= 11 is 0. The summed E-state index contributed by atoms with van der Waals surface area (Å²) in [7, 11) is -19.5. The van der Waals surface area contributed by atoms with Crippen molar-refractivity contribution >= 4 is 95.5 Å². The van der Waals surface area contributed by atoms with E-state index >= 15 is 0 Å². The zero-order valence-electron chi connectivity index (χ0n) is 25.1. The molecule has 0 atom stereocenters. The van der Waals surface area contributed by atoms with Crippen LogP contribution in [0.25, 0.3) is 32.3 Å². The van der Waals surface area contributed by atoms with Gasteiger partial charge in [-0.2, -0.15) is 38.8 Å². The third-order valence-electron chi connectivity index (χ3n) is 7.46. The van der Waals surface area contributed by atoms with Crippen molar-refractivity contribution in [3.8, 4) is 5.75 Å². The minimum atomic E-state index is -5.04. The first-order valence-electron chi connectivity index (χ1n) is 13.8. The molecule has 0 saturated heterocycles. The highest BCUT2D eigenvalue weighted by Crippen LogP contribution is 2.43. The fourth-order valence-electron chi connectivity index (χ4n) is 5.16. The first-order valence-corrected chi connectivity index (χ1v) is 19.6. The number of azo groups is 2. The Morgan fingerprint density at radius 2 is 1.00 bits per heavy atom. The lowest BCUT2D eigenvalue weighted by molar-refractivity contribution is 0.444. The zero-order chi connectivity index (χ0) is 37.1. The molecule has 6 aromatic rings. The van der Waals surface area contributed by atoms with Gasteiger partial charge < -0.3 is 5.11 Å². The summed E-state index contributed by atoms with van der Waals surface area (Å²) in [6.07, 6.45) is 0. The second kappa shape index (κ2) is 12.5. The second-order valence-corrected chi connectivity index (χ2v) is 16.4. The molecule has 0 aliphatic rings. The first-order chi connectivity index (χ1) is 23.7. The van der Waals surface area contributed by atoms with Crippen LogP contribution in [0.1, 0.15) is 0 Å². The molecule has 0 unspecified atom stereocenters. The van der Waals surface area contributed by atoms with Crippen molar-refractivity contribution in [1.82, 2.24) is 0 Å². The topological polar surface area (TPSA) is 287 Å². The SMILES string of the molecule is O=S(=O)(O)c1cc(S(=O)(=O)O)c2cc(/N=N\c3ccc(N=Nc4c(O)c(S(=O)(=O)O)cc5cc(S(=O)(=O)O)ccc45)c4ccccc34)ccc2c1. The normalized spacial score (nSPS) is 13.3. The Hall–Kier alpha value is -5.26. The smallest absolute Gasteiger partial charge is 0.298 e. The van der Waals surface area contributed by atoms with E-state index in [2.05, 4.69) is 20.5 Å². The van der Waals surface area contributed by atoms with Crippen LogP contribution >= 0.6 is 0 Å². The highest BCUT2D eigenvalue weighted by Gasteiger charge is 2.24. The Labute approximate surface area is 288 Å². The maximum Gasteiger partial charge on any atom is 0.298 e. The molecular weight excluding hydrogens is 753 g/mol. The van der Waals surface area contributed by atoms with Gasteiger partial charge in [0.25, 0.3) is 40.5 Å². The molecule has 51 heavy (non-hydrogen) atoms. The largest absolute Gasteiger partial charge is 0.504 e. The summed E-state index contributed by atoms with van der Waals surface area (Å²) < 4.78 is 133. The summed E-state index contributed by atoms with van der Waals surface area (Å²) in [5.41, 5.74) is 0.111. The quantitative estimate of drug-likeness (QED) is 0.0799. The summed E-state index contributed by atoms with van der Waals surface area (Å²) in [6, 6.07) is 19.0. The molecule has 262 valence electrons. The Morgan fingerprint density at radius 1 is 0.431 bits per heavy atom. The Bertz CT molecular complexity index is 2990. The van der Waals surface area contributed by atoms with E-state index in [-0.39, 0.29) is 38.6 Å². The van der Waals surface area contributed by atoms with Gasteiger partial charge in [0.1, 0.15) is 15.5 Å². The zero-order valence-corrected chi connectivity index (χ0v) is 28.4. The third-order valence-corrected chi connectivity index (χ3v) is 10.9. The number of phenolic OH excluding ortho intramolecular Hbond substituents is 1. The van der Waals surface area contributed by atoms with Gasteiger partial charge in [0.15, 0.2) is 5.75 Å². The minimum absolute atomic E-state index is 0.0209. The lowest BCUT2D eigenvalue weighted by Gasteiger charge is -2.10. The number of nitrogens with zero attached hydrogens (tertiary/aromatic N) is 4. The number of hydrogen-bond donors (Lipinski definition) is 5. The van der Waals surface area contributed by atoms with Crippen LogP contribution in [0.15, 0.2) is 131 Å². The molecule has 5 N–H and O–H groups in total. The number of benzene rings is 6. The summed E-state index contributed by atoms with van der Waals surface area (Å²) in [5, 5.41) is 28.1. The van der Waals surface area contributed by atoms with E-state index in [1.807, 2.05) is 0 Å². The number of aromatic hydroxyl groups is 1. The Kier molecular flexibility index (Phi) is 8.72. The van der Waals surface area contributed by atoms with Crippen LogP contribution in [0.5, 0.6) is 5.75 Å². The van der Waals surface area contributed by atoms with E-state index in [1.54, 1.807) is 24.3 Å². The van der Waals surface area contributed by atoms with Gasteiger partial charge in [-0.1, -0.05) is 36.4 Å². The maximum absolute atomic E-state index is 12.1. The molecule has 0 heterocycles. The van der Waals surface area contributed by atoms with Gasteiger partial charge >= 0.3 is 0 Å². The average molecular weight is 773 g/mol. The average Bonchev–Trinajstić information content (AvgIpc) is 3.04. The van der Waals surface area contributed by atoms with Gasteiger partial charge in [0, 0.05) is 21.5 Å². The van der Waals surface area contributed by atoms with Crippen molar-refractivity contribution in [3.05, 3.63) is 91.0 Å². The molecule has 0 aliphatic carbocycles. The molecule has 0 amide bonds. The van der Waals surface area contributed by atoms with Gasteiger partial charge in [0.2, 0.25) is 0 Å². The van der Waals surface area contributed by atoms with E-state index in [4.69, 9.17) is 0 Å². The second-order valence-electron chi connectivity index (χ2n) is 10.7. The highest BCUT2D eigenvalue weighted by molar-refractivity contribution is 7.87. The fourth-order valence-corrected chi connectivity index (χ4v) is 7.64. The summed E-state index contributed by atoms with van der Waals surface area (Å²) in [5.74, 6) is -0.982. The first kappa shape index (κ1) is 35.6. The fraction of sp³-hybridized carbons (Fsp3) is 0. The van der Waals surface area contributed by atoms with Crippen LogP contribution < -0.4 is 0 Å². The molecule has 0 radical (unpaired) electrons. The molecular formula is C30H20N4O13S4. The lowest BCUT2D eigenvalue weighted by Crippen LogP contribution is -2.04. The third kappa shape index (κ3) is 7.17. The van der Waals surface area contributed by atoms with Crippen LogP contribution in [-0.2, 0) is 40.5 Å². The van der Waals surface area contributed by atoms with Crippen LogP contribution in [0.3, 0.4) is 0 Å². The number of rotatable bonds is 8. The maximum atomic E-state index is 12.1. The monoisotopic (exact) mass is 772 g/mol. The van der Waals surface area contributed by atoms with E-state index in [0.29, 0.717) is 16.8 Å².